The van der Waals surface area contributed by atoms with Crippen molar-refractivity contribution >= 4 is 46.5 Å². The Morgan fingerprint density at radius 1 is 1.11 bits per heavy atom. The maximum absolute atomic E-state index is 11.6. The van der Waals surface area contributed by atoms with Crippen molar-refractivity contribution in [2.45, 2.75) is 38.8 Å². The average Bonchev–Trinajstić information content (AvgIpc) is 3.00. The number of nitrogens with zero attached hydrogens (tertiary/aromatic N) is 1. The van der Waals surface area contributed by atoms with Crippen LogP contribution in [-0.4, -0.2) is 39.2 Å². The zero-order chi connectivity index (χ0) is 20.1. The van der Waals surface area contributed by atoms with E-state index >= 15 is 0 Å². The number of nitrogens with one attached hydrogen (secondary N) is 1. The summed E-state index contributed by atoms with van der Waals surface area (Å²) < 4.78 is 0. The quantitative estimate of drug-likeness (QED) is 0.550. The normalized spacial score (nSPS) is 13.5. The fourth-order valence-corrected chi connectivity index (χ4v) is 3.96. The lowest BCUT2D eigenvalue weighted by Gasteiger charge is -2.21. The zero-order valence-corrected chi connectivity index (χ0v) is 17.1. The number of carbonyl (C=O) groups is 2. The number of aromatic nitrogens is 1. The van der Waals surface area contributed by atoms with Gasteiger partial charge in [0.25, 0.3) is 0 Å². The highest BCUT2D eigenvalue weighted by atomic mass is 35.5. The van der Waals surface area contributed by atoms with Crippen LogP contribution in [-0.2, 0) is 16.0 Å². The Morgan fingerprint density at radius 3 is 2.22 bits per heavy atom. The molecule has 27 heavy (non-hydrogen) atoms. The number of rotatable bonds is 9. The smallest absolute Gasteiger partial charge is 0.321 e. The molecule has 2 aromatic rings. The van der Waals surface area contributed by atoms with Crippen molar-refractivity contribution in [2.75, 3.05) is 0 Å². The summed E-state index contributed by atoms with van der Waals surface area (Å²) in [4.78, 5) is 27.5. The lowest BCUT2D eigenvalue weighted by atomic mass is 10.0. The first kappa shape index (κ1) is 21.6. The number of thiazole rings is 1. The van der Waals surface area contributed by atoms with E-state index in [1.165, 1.54) is 11.3 Å². The van der Waals surface area contributed by atoms with Crippen molar-refractivity contribution in [1.82, 2.24) is 10.3 Å². The molecule has 0 unspecified atom stereocenters. The second-order valence-corrected chi connectivity index (χ2v) is 8.38. The third kappa shape index (κ3) is 6.46. The van der Waals surface area contributed by atoms with Crippen molar-refractivity contribution in [3.05, 3.63) is 38.6 Å². The monoisotopic (exact) mass is 430 g/mol. The van der Waals surface area contributed by atoms with Gasteiger partial charge in [0.15, 0.2) is 0 Å². The second kappa shape index (κ2) is 9.50. The third-order valence-electron chi connectivity index (χ3n) is 3.79. The molecule has 6 nitrogen and oxygen atoms in total. The number of aliphatic carboxylic acids is 2. The third-order valence-corrected chi connectivity index (χ3v) is 5.10. The van der Waals surface area contributed by atoms with Crippen LogP contribution in [0.5, 0.6) is 0 Å². The Bertz CT molecular complexity index is 805. The fraction of sp³-hybridized carbons (Fsp3) is 0.389. The van der Waals surface area contributed by atoms with Gasteiger partial charge >= 0.3 is 11.9 Å². The molecule has 0 aliphatic rings. The van der Waals surface area contributed by atoms with Crippen molar-refractivity contribution in [3.8, 4) is 11.3 Å². The van der Waals surface area contributed by atoms with Crippen LogP contribution in [0.4, 0.5) is 0 Å². The second-order valence-electron chi connectivity index (χ2n) is 6.57. The molecule has 146 valence electrons. The van der Waals surface area contributed by atoms with E-state index in [0.29, 0.717) is 27.2 Å². The summed E-state index contributed by atoms with van der Waals surface area (Å²) in [6.45, 7) is 3.77. The Morgan fingerprint density at radius 2 is 1.70 bits per heavy atom. The Labute approximate surface area is 171 Å². The standard InChI is InChI=1S/C18H20Cl2N2O4S/c1-9(2)3-13(17(23)24)21-14(18(25)26)7-16-22-15(8-27-16)10-4-11(19)6-12(20)5-10/h4-6,8-9,13-14,21H,3,7H2,1-2H3,(H,23,24)(H,25,26)/t13-,14-/m0/s1. The highest BCUT2D eigenvalue weighted by Gasteiger charge is 2.27. The maximum Gasteiger partial charge on any atom is 0.321 e. The fourth-order valence-electron chi connectivity index (χ4n) is 2.59. The molecule has 0 fully saturated rings. The van der Waals surface area contributed by atoms with Crippen LogP contribution in [0.1, 0.15) is 25.3 Å². The van der Waals surface area contributed by atoms with E-state index in [4.69, 9.17) is 23.2 Å². The molecule has 0 aliphatic heterocycles. The number of halogens is 2. The van der Waals surface area contributed by atoms with Crippen LogP contribution < -0.4 is 5.32 Å². The molecule has 1 aromatic heterocycles. The molecule has 9 heteroatoms. The van der Waals surface area contributed by atoms with Gasteiger partial charge in [-0.25, -0.2) is 4.98 Å². The Kier molecular flexibility index (Phi) is 7.61. The molecular weight excluding hydrogens is 411 g/mol. The highest BCUT2D eigenvalue weighted by molar-refractivity contribution is 7.10. The molecule has 1 aromatic carbocycles. The number of hydrogen-bond acceptors (Lipinski definition) is 5. The van der Waals surface area contributed by atoms with E-state index in [1.807, 2.05) is 13.8 Å². The summed E-state index contributed by atoms with van der Waals surface area (Å²) in [5.74, 6) is -2.07. The molecule has 2 atom stereocenters. The number of benzene rings is 1. The summed E-state index contributed by atoms with van der Waals surface area (Å²) in [6.07, 6.45) is 0.416. The van der Waals surface area contributed by atoms with Crippen LogP contribution in [0.3, 0.4) is 0 Å². The average molecular weight is 431 g/mol. The molecule has 0 amide bonds. The van der Waals surface area contributed by atoms with Gasteiger partial charge in [0, 0.05) is 27.4 Å². The van der Waals surface area contributed by atoms with Gasteiger partial charge in [-0.15, -0.1) is 11.3 Å². The van der Waals surface area contributed by atoms with E-state index in [2.05, 4.69) is 10.3 Å². The van der Waals surface area contributed by atoms with E-state index in [-0.39, 0.29) is 12.3 Å². The van der Waals surface area contributed by atoms with Crippen LogP contribution in [0.15, 0.2) is 23.6 Å². The van der Waals surface area contributed by atoms with E-state index < -0.39 is 24.0 Å². The highest BCUT2D eigenvalue weighted by Crippen LogP contribution is 2.28. The summed E-state index contributed by atoms with van der Waals surface area (Å²) >= 11 is 13.3. The Balaban J connectivity index is 2.16. The SMILES string of the molecule is CC(C)C[C@H](N[C@@H](Cc1nc(-c2cc(Cl)cc(Cl)c2)cs1)C(=O)O)C(=O)O. The van der Waals surface area contributed by atoms with E-state index in [9.17, 15) is 19.8 Å². The molecule has 0 saturated heterocycles. The maximum atomic E-state index is 11.6. The molecule has 0 spiro atoms. The van der Waals surface area contributed by atoms with Gasteiger partial charge < -0.3 is 10.2 Å². The van der Waals surface area contributed by atoms with Crippen LogP contribution in [0, 0.1) is 5.92 Å². The molecule has 0 saturated carbocycles. The van der Waals surface area contributed by atoms with Gasteiger partial charge in [0.2, 0.25) is 0 Å². The minimum atomic E-state index is -1.12. The molecule has 0 bridgehead atoms. The molecule has 0 radical (unpaired) electrons. The van der Waals surface area contributed by atoms with E-state index in [0.717, 1.165) is 5.56 Å². The lowest BCUT2D eigenvalue weighted by molar-refractivity contribution is -0.142. The van der Waals surface area contributed by atoms with Crippen LogP contribution in [0.2, 0.25) is 10.0 Å². The number of carboxylic acids is 2. The predicted octanol–water partition coefficient (Wildman–Crippen LogP) is 4.20. The zero-order valence-electron chi connectivity index (χ0n) is 14.8. The minimum Gasteiger partial charge on any atom is -0.480 e. The van der Waals surface area contributed by atoms with Gasteiger partial charge in [-0.2, -0.15) is 0 Å². The molecule has 2 rings (SSSR count). The molecule has 1 heterocycles. The van der Waals surface area contributed by atoms with Gasteiger partial charge in [-0.05, 0) is 30.5 Å². The van der Waals surface area contributed by atoms with Crippen molar-refractivity contribution in [1.29, 1.82) is 0 Å². The van der Waals surface area contributed by atoms with Gasteiger partial charge in [0.05, 0.1) is 10.7 Å². The molecule has 0 aliphatic carbocycles. The first-order chi connectivity index (χ1) is 12.7. The summed E-state index contributed by atoms with van der Waals surface area (Å²) in [6, 6.07) is 3.08. The number of carboxylic acid groups (broad SMARTS) is 2. The topological polar surface area (TPSA) is 99.5 Å². The summed E-state index contributed by atoms with van der Waals surface area (Å²) in [5, 5.41) is 24.9. The summed E-state index contributed by atoms with van der Waals surface area (Å²) in [7, 11) is 0. The van der Waals surface area contributed by atoms with Crippen LogP contribution in [0.25, 0.3) is 11.3 Å². The predicted molar refractivity (Wildman–Crippen MR) is 107 cm³/mol. The van der Waals surface area contributed by atoms with Gasteiger partial charge in [-0.3, -0.25) is 14.9 Å². The van der Waals surface area contributed by atoms with Gasteiger partial charge in [0.1, 0.15) is 12.1 Å². The van der Waals surface area contributed by atoms with Crippen molar-refractivity contribution in [2.24, 2.45) is 5.92 Å². The molecule has 3 N–H and O–H groups in total. The van der Waals surface area contributed by atoms with Crippen molar-refractivity contribution in [3.63, 3.8) is 0 Å². The first-order valence-corrected chi connectivity index (χ1v) is 9.91. The largest absolute Gasteiger partial charge is 0.480 e. The lowest BCUT2D eigenvalue weighted by Crippen LogP contribution is -2.48. The molecular formula is C18H20Cl2N2O4S. The number of hydrogen-bond donors (Lipinski definition) is 3. The summed E-state index contributed by atoms with van der Waals surface area (Å²) in [5.41, 5.74) is 1.37. The Hall–Kier alpha value is -1.67. The minimum absolute atomic E-state index is 0.0795. The first-order valence-electron chi connectivity index (χ1n) is 8.28. The van der Waals surface area contributed by atoms with Crippen molar-refractivity contribution < 1.29 is 19.8 Å². The van der Waals surface area contributed by atoms with E-state index in [1.54, 1.807) is 23.6 Å². The van der Waals surface area contributed by atoms with Crippen LogP contribution >= 0.6 is 34.5 Å². The van der Waals surface area contributed by atoms with Gasteiger partial charge in [-0.1, -0.05) is 37.0 Å².